The highest BCUT2D eigenvalue weighted by atomic mass is 16.5. The van der Waals surface area contributed by atoms with E-state index in [9.17, 15) is 14.7 Å². The molecule has 0 unspecified atom stereocenters. The Morgan fingerprint density at radius 1 is 1.33 bits per heavy atom. The number of urea groups is 1. The molecule has 0 aromatic carbocycles. The van der Waals surface area contributed by atoms with Crippen LogP contribution in [0.25, 0.3) is 0 Å². The van der Waals surface area contributed by atoms with Crippen molar-refractivity contribution in [3.8, 4) is 0 Å². The zero-order chi connectivity index (χ0) is 15.3. The average molecular weight is 296 g/mol. The van der Waals surface area contributed by atoms with E-state index in [0.717, 1.165) is 19.3 Å². The number of hydrogen-bond acceptors (Lipinski definition) is 5. The number of nitrogens with zero attached hydrogens (tertiary/aromatic N) is 2. The lowest BCUT2D eigenvalue weighted by molar-refractivity contribution is -0.145. The van der Waals surface area contributed by atoms with Gasteiger partial charge in [0.15, 0.2) is 5.82 Å². The van der Waals surface area contributed by atoms with Gasteiger partial charge in [-0.2, -0.15) is 4.98 Å². The van der Waals surface area contributed by atoms with Crippen molar-refractivity contribution in [3.63, 3.8) is 0 Å². The zero-order valence-electron chi connectivity index (χ0n) is 12.0. The summed E-state index contributed by atoms with van der Waals surface area (Å²) in [5, 5.41) is 18.3. The molecule has 1 aliphatic carbocycles. The molecule has 0 saturated heterocycles. The van der Waals surface area contributed by atoms with E-state index < -0.39 is 17.5 Å². The minimum atomic E-state index is -1.14. The van der Waals surface area contributed by atoms with Crippen LogP contribution < -0.4 is 10.6 Å². The van der Waals surface area contributed by atoms with Crippen molar-refractivity contribution < 1.29 is 19.2 Å². The van der Waals surface area contributed by atoms with Gasteiger partial charge in [-0.15, -0.1) is 0 Å². The standard InChI is InChI=1S/C13H20N4O4/c1-9-15-10(21-17-9)5-8-14-12(20)16-13(11(18)19)6-3-2-4-7-13/h2-8H2,1H3,(H,18,19)(H2,14,16,20). The Hall–Kier alpha value is -2.12. The lowest BCUT2D eigenvalue weighted by atomic mass is 9.82. The second-order valence-corrected chi connectivity index (χ2v) is 5.31. The molecule has 1 aromatic rings. The molecule has 21 heavy (non-hydrogen) atoms. The molecule has 1 aromatic heterocycles. The summed E-state index contributed by atoms with van der Waals surface area (Å²) in [6.07, 6.45) is 3.99. The molecule has 1 saturated carbocycles. The third kappa shape index (κ3) is 3.93. The highest BCUT2D eigenvalue weighted by molar-refractivity contribution is 5.86. The SMILES string of the molecule is Cc1noc(CCNC(=O)NC2(C(=O)O)CCCCC2)n1. The number of aliphatic carboxylic acids is 1. The molecule has 8 heteroatoms. The molecule has 0 radical (unpaired) electrons. The first kappa shape index (κ1) is 15.3. The molecule has 0 aliphatic heterocycles. The van der Waals surface area contributed by atoms with Crippen molar-refractivity contribution in [1.82, 2.24) is 20.8 Å². The predicted octanol–water partition coefficient (Wildman–Crippen LogP) is 1.01. The third-order valence-electron chi connectivity index (χ3n) is 3.66. The van der Waals surface area contributed by atoms with Gasteiger partial charge in [0.05, 0.1) is 0 Å². The smallest absolute Gasteiger partial charge is 0.329 e. The summed E-state index contributed by atoms with van der Waals surface area (Å²) < 4.78 is 4.93. The van der Waals surface area contributed by atoms with E-state index >= 15 is 0 Å². The minimum absolute atomic E-state index is 0.309. The summed E-state index contributed by atoms with van der Waals surface area (Å²) in [6.45, 7) is 2.02. The molecular formula is C13H20N4O4. The maximum atomic E-state index is 11.9. The van der Waals surface area contributed by atoms with Crippen molar-refractivity contribution in [2.24, 2.45) is 0 Å². The number of carboxylic acid groups (broad SMARTS) is 1. The summed E-state index contributed by atoms with van der Waals surface area (Å²) in [4.78, 5) is 27.3. The molecule has 0 atom stereocenters. The van der Waals surface area contributed by atoms with Crippen LogP contribution >= 0.6 is 0 Å². The van der Waals surface area contributed by atoms with Gasteiger partial charge >= 0.3 is 12.0 Å². The van der Waals surface area contributed by atoms with Crippen LogP contribution in [0, 0.1) is 6.92 Å². The number of rotatable bonds is 5. The minimum Gasteiger partial charge on any atom is -0.480 e. The van der Waals surface area contributed by atoms with E-state index in [2.05, 4.69) is 20.8 Å². The molecule has 3 N–H and O–H groups in total. The maximum Gasteiger partial charge on any atom is 0.329 e. The van der Waals surface area contributed by atoms with E-state index in [1.807, 2.05) is 0 Å². The van der Waals surface area contributed by atoms with E-state index in [4.69, 9.17) is 4.52 Å². The lowest BCUT2D eigenvalue weighted by Crippen LogP contribution is -2.58. The molecule has 2 rings (SSSR count). The lowest BCUT2D eigenvalue weighted by Gasteiger charge is -2.33. The molecule has 8 nitrogen and oxygen atoms in total. The van der Waals surface area contributed by atoms with Gasteiger partial charge in [-0.3, -0.25) is 0 Å². The van der Waals surface area contributed by atoms with Crippen LogP contribution in [0.2, 0.25) is 0 Å². The van der Waals surface area contributed by atoms with Crippen molar-refractivity contribution in [3.05, 3.63) is 11.7 Å². The molecule has 1 aliphatic rings. The van der Waals surface area contributed by atoms with Crippen LogP contribution in [-0.2, 0) is 11.2 Å². The fraction of sp³-hybridized carbons (Fsp3) is 0.692. The number of carboxylic acids is 1. The van der Waals surface area contributed by atoms with E-state index in [0.29, 0.717) is 37.5 Å². The van der Waals surface area contributed by atoms with Crippen LogP contribution in [-0.4, -0.2) is 39.3 Å². The quantitative estimate of drug-likeness (QED) is 0.746. The molecule has 0 spiro atoms. The molecule has 1 heterocycles. The van der Waals surface area contributed by atoms with Gasteiger partial charge in [0, 0.05) is 13.0 Å². The summed E-state index contributed by atoms with van der Waals surface area (Å²) in [5.74, 6) is 0.0183. The summed E-state index contributed by atoms with van der Waals surface area (Å²) in [6, 6.07) is -0.476. The molecule has 116 valence electrons. The third-order valence-corrected chi connectivity index (χ3v) is 3.66. The Morgan fingerprint density at radius 3 is 2.62 bits per heavy atom. The summed E-state index contributed by atoms with van der Waals surface area (Å²) in [7, 11) is 0. The van der Waals surface area contributed by atoms with Gasteiger partial charge in [0.2, 0.25) is 5.89 Å². The number of amides is 2. The molecular weight excluding hydrogens is 276 g/mol. The van der Waals surface area contributed by atoms with Crippen molar-refractivity contribution in [2.75, 3.05) is 6.54 Å². The number of nitrogens with one attached hydrogen (secondary N) is 2. The van der Waals surface area contributed by atoms with Gasteiger partial charge in [-0.1, -0.05) is 24.4 Å². The summed E-state index contributed by atoms with van der Waals surface area (Å²) >= 11 is 0. The van der Waals surface area contributed by atoms with Crippen molar-refractivity contribution in [1.29, 1.82) is 0 Å². The molecule has 1 fully saturated rings. The topological polar surface area (TPSA) is 117 Å². The van der Waals surface area contributed by atoms with Crippen LogP contribution in [0.1, 0.15) is 43.8 Å². The molecule has 0 bridgehead atoms. The van der Waals surface area contributed by atoms with Gasteiger partial charge in [-0.05, 0) is 19.8 Å². The normalized spacial score (nSPS) is 17.2. The largest absolute Gasteiger partial charge is 0.480 e. The Balaban J connectivity index is 1.81. The van der Waals surface area contributed by atoms with Crippen LogP contribution in [0.3, 0.4) is 0 Å². The highest BCUT2D eigenvalue weighted by Gasteiger charge is 2.40. The monoisotopic (exact) mass is 296 g/mol. The van der Waals surface area contributed by atoms with E-state index in [1.54, 1.807) is 6.92 Å². The number of aromatic nitrogens is 2. The predicted molar refractivity (Wildman–Crippen MR) is 72.7 cm³/mol. The zero-order valence-corrected chi connectivity index (χ0v) is 12.0. The van der Waals surface area contributed by atoms with Gasteiger partial charge in [0.25, 0.3) is 0 Å². The number of aryl methyl sites for hydroxylation is 1. The first-order chi connectivity index (χ1) is 10.0. The van der Waals surface area contributed by atoms with Crippen LogP contribution in [0.4, 0.5) is 4.79 Å². The Labute approximate surface area is 122 Å². The number of carbonyl (C=O) groups excluding carboxylic acids is 1. The van der Waals surface area contributed by atoms with Gasteiger partial charge in [-0.25, -0.2) is 9.59 Å². The highest BCUT2D eigenvalue weighted by Crippen LogP contribution is 2.28. The number of hydrogen-bond donors (Lipinski definition) is 3. The Kier molecular flexibility index (Phi) is 4.77. The van der Waals surface area contributed by atoms with Gasteiger partial charge in [0.1, 0.15) is 5.54 Å². The summed E-state index contributed by atoms with van der Waals surface area (Å²) in [5.41, 5.74) is -1.14. The van der Waals surface area contributed by atoms with Crippen molar-refractivity contribution >= 4 is 12.0 Å². The van der Waals surface area contributed by atoms with Crippen LogP contribution in [0.15, 0.2) is 4.52 Å². The van der Waals surface area contributed by atoms with Crippen molar-refractivity contribution in [2.45, 2.75) is 51.0 Å². The first-order valence-electron chi connectivity index (χ1n) is 7.10. The van der Waals surface area contributed by atoms with Crippen LogP contribution in [0.5, 0.6) is 0 Å². The maximum absolute atomic E-state index is 11.9. The first-order valence-corrected chi connectivity index (χ1v) is 7.10. The fourth-order valence-electron chi connectivity index (χ4n) is 2.53. The number of carbonyl (C=O) groups is 2. The second-order valence-electron chi connectivity index (χ2n) is 5.31. The Morgan fingerprint density at radius 2 is 2.05 bits per heavy atom. The van der Waals surface area contributed by atoms with E-state index in [-0.39, 0.29) is 0 Å². The van der Waals surface area contributed by atoms with Gasteiger partial charge < -0.3 is 20.3 Å². The molecule has 2 amide bonds. The second kappa shape index (κ2) is 6.55. The Bertz CT molecular complexity index is 508. The fourth-order valence-corrected chi connectivity index (χ4v) is 2.53. The average Bonchev–Trinajstić information content (AvgIpc) is 2.85. The van der Waals surface area contributed by atoms with E-state index in [1.165, 1.54) is 0 Å².